The molecule has 0 saturated heterocycles. The fourth-order valence-electron chi connectivity index (χ4n) is 1.77. The molecule has 1 atom stereocenters. The van der Waals surface area contributed by atoms with Crippen molar-refractivity contribution < 1.29 is 17.6 Å². The fourth-order valence-corrected chi connectivity index (χ4v) is 3.16. The highest BCUT2D eigenvalue weighted by Crippen LogP contribution is 2.27. The van der Waals surface area contributed by atoms with E-state index in [0.717, 1.165) is 18.6 Å². The third-order valence-electron chi connectivity index (χ3n) is 3.14. The van der Waals surface area contributed by atoms with Gasteiger partial charge in [-0.3, -0.25) is 4.79 Å². The number of carbonyl (C=O) groups excluding carboxylic acids is 1. The number of carbonyl (C=O) groups is 1. The van der Waals surface area contributed by atoms with Gasteiger partial charge in [0.2, 0.25) is 0 Å². The van der Waals surface area contributed by atoms with Gasteiger partial charge in [0, 0.05) is 28.7 Å². The standard InChI is InChI=1S/C13H16BrClFNO3S/c1-4-8(2)7-17(3)13(18)9-5-12(21(15,19)20)11(16)6-10(9)14/h5-6,8H,4,7H2,1-3H3. The lowest BCUT2D eigenvalue weighted by molar-refractivity contribution is 0.0773. The second kappa shape index (κ2) is 7.07. The van der Waals surface area contributed by atoms with Gasteiger partial charge in [-0.2, -0.15) is 0 Å². The number of nitrogens with zero attached hydrogens (tertiary/aromatic N) is 1. The molecule has 0 N–H and O–H groups in total. The van der Waals surface area contributed by atoms with Crippen molar-refractivity contribution in [3.8, 4) is 0 Å². The molecular formula is C13H16BrClFNO3S. The lowest BCUT2D eigenvalue weighted by Crippen LogP contribution is -2.31. The van der Waals surface area contributed by atoms with E-state index in [2.05, 4.69) is 15.9 Å². The molecule has 0 aliphatic carbocycles. The van der Waals surface area contributed by atoms with Crippen LogP contribution in [0.1, 0.15) is 30.6 Å². The molecule has 21 heavy (non-hydrogen) atoms. The Hall–Kier alpha value is -0.660. The van der Waals surface area contributed by atoms with Gasteiger partial charge >= 0.3 is 0 Å². The quantitative estimate of drug-likeness (QED) is 0.709. The van der Waals surface area contributed by atoms with E-state index in [1.54, 1.807) is 7.05 Å². The number of hydrogen-bond acceptors (Lipinski definition) is 3. The molecule has 0 aliphatic rings. The minimum atomic E-state index is -4.25. The van der Waals surface area contributed by atoms with Crippen molar-refractivity contribution in [2.24, 2.45) is 5.92 Å². The summed E-state index contributed by atoms with van der Waals surface area (Å²) in [5, 5.41) is 0. The SMILES string of the molecule is CCC(C)CN(C)C(=O)c1cc(S(=O)(=O)Cl)c(F)cc1Br. The minimum absolute atomic E-state index is 0.0569. The van der Waals surface area contributed by atoms with Crippen molar-refractivity contribution in [1.82, 2.24) is 4.90 Å². The van der Waals surface area contributed by atoms with Crippen LogP contribution in [0.3, 0.4) is 0 Å². The highest BCUT2D eigenvalue weighted by Gasteiger charge is 2.23. The molecule has 0 bridgehead atoms. The van der Waals surface area contributed by atoms with Crippen LogP contribution in [0.4, 0.5) is 4.39 Å². The Balaban J connectivity index is 3.22. The number of amides is 1. The molecule has 0 saturated carbocycles. The van der Waals surface area contributed by atoms with Gasteiger partial charge in [-0.1, -0.05) is 20.3 Å². The first-order valence-electron chi connectivity index (χ1n) is 6.27. The third-order valence-corrected chi connectivity index (χ3v) is 5.14. The largest absolute Gasteiger partial charge is 0.341 e. The van der Waals surface area contributed by atoms with Gasteiger partial charge in [-0.25, -0.2) is 12.8 Å². The van der Waals surface area contributed by atoms with Crippen molar-refractivity contribution in [3.05, 3.63) is 28.0 Å². The van der Waals surface area contributed by atoms with E-state index in [4.69, 9.17) is 10.7 Å². The molecule has 0 spiro atoms. The number of hydrogen-bond donors (Lipinski definition) is 0. The van der Waals surface area contributed by atoms with E-state index < -0.39 is 25.7 Å². The first-order valence-corrected chi connectivity index (χ1v) is 9.37. The maximum Gasteiger partial charge on any atom is 0.264 e. The zero-order valence-corrected chi connectivity index (χ0v) is 15.0. The predicted molar refractivity (Wildman–Crippen MR) is 83.6 cm³/mol. The van der Waals surface area contributed by atoms with Crippen LogP contribution in [-0.4, -0.2) is 32.8 Å². The number of halogens is 3. The van der Waals surface area contributed by atoms with Crippen LogP contribution in [0.15, 0.2) is 21.5 Å². The topological polar surface area (TPSA) is 54.5 Å². The number of benzene rings is 1. The molecule has 4 nitrogen and oxygen atoms in total. The van der Waals surface area contributed by atoms with Gasteiger partial charge in [-0.15, -0.1) is 0 Å². The lowest BCUT2D eigenvalue weighted by atomic mass is 10.1. The second-order valence-corrected chi connectivity index (χ2v) is 8.29. The van der Waals surface area contributed by atoms with Gasteiger partial charge in [-0.05, 0) is 34.0 Å². The summed E-state index contributed by atoms with van der Waals surface area (Å²) in [6, 6.07) is 1.89. The van der Waals surface area contributed by atoms with E-state index in [9.17, 15) is 17.6 Å². The van der Waals surface area contributed by atoms with Crippen molar-refractivity contribution in [2.45, 2.75) is 25.2 Å². The Bertz CT molecular complexity index is 651. The molecule has 1 unspecified atom stereocenters. The Kier molecular flexibility index (Phi) is 6.19. The summed E-state index contributed by atoms with van der Waals surface area (Å²) in [6.07, 6.45) is 0.906. The molecule has 1 aromatic rings. The van der Waals surface area contributed by atoms with Crippen LogP contribution in [0.5, 0.6) is 0 Å². The van der Waals surface area contributed by atoms with E-state index >= 15 is 0 Å². The van der Waals surface area contributed by atoms with Gasteiger partial charge < -0.3 is 4.90 Å². The van der Waals surface area contributed by atoms with Gasteiger partial charge in [0.25, 0.3) is 15.0 Å². The summed E-state index contributed by atoms with van der Waals surface area (Å²) in [5.74, 6) is -1.10. The summed E-state index contributed by atoms with van der Waals surface area (Å²) in [6.45, 7) is 4.52. The summed E-state index contributed by atoms with van der Waals surface area (Å²) in [7, 11) is 2.53. The minimum Gasteiger partial charge on any atom is -0.341 e. The Labute approximate surface area is 136 Å². The fraction of sp³-hybridized carbons (Fsp3) is 0.462. The van der Waals surface area contributed by atoms with Crippen LogP contribution >= 0.6 is 26.6 Å². The lowest BCUT2D eigenvalue weighted by Gasteiger charge is -2.21. The smallest absolute Gasteiger partial charge is 0.264 e. The first kappa shape index (κ1) is 18.4. The summed E-state index contributed by atoms with van der Waals surface area (Å²) < 4.78 is 36.5. The molecule has 0 fully saturated rings. The molecule has 118 valence electrons. The molecule has 1 rings (SSSR count). The van der Waals surface area contributed by atoms with Crippen molar-refractivity contribution in [3.63, 3.8) is 0 Å². The molecule has 0 aromatic heterocycles. The van der Waals surface area contributed by atoms with E-state index in [0.29, 0.717) is 12.5 Å². The average Bonchev–Trinajstić information content (AvgIpc) is 2.36. The highest BCUT2D eigenvalue weighted by molar-refractivity contribution is 9.10. The van der Waals surface area contributed by atoms with Crippen LogP contribution in [0.25, 0.3) is 0 Å². The van der Waals surface area contributed by atoms with Crippen molar-refractivity contribution >= 4 is 41.6 Å². The zero-order chi connectivity index (χ0) is 16.4. The van der Waals surface area contributed by atoms with Gasteiger partial charge in [0.05, 0.1) is 5.56 Å². The molecule has 0 aliphatic heterocycles. The Morgan fingerprint density at radius 1 is 1.48 bits per heavy atom. The first-order chi connectivity index (χ1) is 9.57. The Morgan fingerprint density at radius 3 is 2.52 bits per heavy atom. The van der Waals surface area contributed by atoms with Crippen molar-refractivity contribution in [1.29, 1.82) is 0 Å². The molecule has 1 amide bonds. The van der Waals surface area contributed by atoms with Gasteiger partial charge in [0.15, 0.2) is 0 Å². The van der Waals surface area contributed by atoms with Gasteiger partial charge in [0.1, 0.15) is 10.7 Å². The van der Waals surface area contributed by atoms with Crippen LogP contribution in [-0.2, 0) is 9.05 Å². The Morgan fingerprint density at radius 2 is 2.05 bits per heavy atom. The van der Waals surface area contributed by atoms with Crippen LogP contribution < -0.4 is 0 Å². The third kappa shape index (κ3) is 4.66. The molecule has 8 heteroatoms. The maximum absolute atomic E-state index is 13.6. The normalized spacial score (nSPS) is 13.0. The monoisotopic (exact) mass is 399 g/mol. The summed E-state index contributed by atoms with van der Waals surface area (Å²) in [4.78, 5) is 13.1. The highest BCUT2D eigenvalue weighted by atomic mass is 79.9. The van der Waals surface area contributed by atoms with Crippen LogP contribution in [0, 0.1) is 11.7 Å². The second-order valence-electron chi connectivity index (χ2n) is 4.90. The van der Waals surface area contributed by atoms with E-state index in [1.165, 1.54) is 4.90 Å². The molecule has 0 heterocycles. The molecular weight excluding hydrogens is 385 g/mol. The molecule has 0 radical (unpaired) electrons. The number of rotatable bonds is 5. The van der Waals surface area contributed by atoms with Crippen LogP contribution in [0.2, 0.25) is 0 Å². The summed E-state index contributed by atoms with van der Waals surface area (Å²) >= 11 is 3.07. The zero-order valence-electron chi connectivity index (χ0n) is 11.9. The van der Waals surface area contributed by atoms with E-state index in [1.807, 2.05) is 13.8 Å². The maximum atomic E-state index is 13.6. The van der Waals surface area contributed by atoms with E-state index in [-0.39, 0.29) is 10.0 Å². The molecule has 1 aromatic carbocycles. The predicted octanol–water partition coefficient (Wildman–Crippen LogP) is 3.63. The summed E-state index contributed by atoms with van der Waals surface area (Å²) in [5.41, 5.74) is 0.0569. The average molecular weight is 401 g/mol. The van der Waals surface area contributed by atoms with Crippen molar-refractivity contribution in [2.75, 3.05) is 13.6 Å².